The van der Waals surface area contributed by atoms with Crippen LogP contribution in [0.4, 0.5) is 0 Å². The van der Waals surface area contributed by atoms with Crippen LogP contribution in [0.5, 0.6) is 0 Å². The quantitative estimate of drug-likeness (QED) is 0.796. The summed E-state index contributed by atoms with van der Waals surface area (Å²) in [6, 6.07) is 2.26. The molecule has 0 aliphatic heterocycles. The number of carbonyl (C=O) groups is 2. The van der Waals surface area contributed by atoms with Crippen LogP contribution in [-0.4, -0.2) is 37.4 Å². The van der Waals surface area contributed by atoms with Crippen molar-refractivity contribution in [1.29, 1.82) is 5.26 Å². The second-order valence-corrected chi connectivity index (χ2v) is 5.81. The van der Waals surface area contributed by atoms with Crippen molar-refractivity contribution in [2.24, 2.45) is 11.3 Å². The Morgan fingerprint density at radius 3 is 2.30 bits per heavy atom. The summed E-state index contributed by atoms with van der Waals surface area (Å²) in [7, 11) is 3.27. The number of nitrogens with zero attached hydrogens (tertiary/aromatic N) is 2. The predicted octanol–water partition coefficient (Wildman–Crippen LogP) is 1.69. The second-order valence-electron chi connectivity index (χ2n) is 5.81. The Morgan fingerprint density at radius 1 is 1.30 bits per heavy atom. The lowest BCUT2D eigenvalue weighted by molar-refractivity contribution is -0.139. The van der Waals surface area contributed by atoms with Crippen LogP contribution in [0.15, 0.2) is 0 Å². The Balaban J connectivity index is 2.75. The first-order valence-electron chi connectivity index (χ1n) is 7.35. The third-order valence-electron chi connectivity index (χ3n) is 4.17. The number of hydrogen-bond acceptors (Lipinski definition) is 3. The van der Waals surface area contributed by atoms with Gasteiger partial charge in [-0.05, 0) is 12.8 Å². The monoisotopic (exact) mass is 279 g/mol. The topological polar surface area (TPSA) is 73.2 Å². The molecule has 1 atom stereocenters. The molecule has 5 nitrogen and oxygen atoms in total. The molecule has 0 bridgehead atoms. The molecule has 0 spiro atoms. The molecule has 0 saturated heterocycles. The lowest BCUT2D eigenvalue weighted by Crippen LogP contribution is -2.44. The molecule has 1 aliphatic rings. The highest BCUT2D eigenvalue weighted by molar-refractivity contribution is 5.86. The highest BCUT2D eigenvalue weighted by atomic mass is 16.2. The molecule has 1 aliphatic carbocycles. The van der Waals surface area contributed by atoms with Gasteiger partial charge in [0.05, 0.1) is 12.0 Å². The first-order valence-corrected chi connectivity index (χ1v) is 7.35. The molecule has 0 aromatic carbocycles. The van der Waals surface area contributed by atoms with E-state index < -0.39 is 5.41 Å². The van der Waals surface area contributed by atoms with Gasteiger partial charge in [-0.15, -0.1) is 0 Å². The molecule has 1 rings (SSSR count). The first kappa shape index (κ1) is 16.5. The van der Waals surface area contributed by atoms with Gasteiger partial charge in [0.2, 0.25) is 11.8 Å². The van der Waals surface area contributed by atoms with E-state index in [1.807, 2.05) is 0 Å². The van der Waals surface area contributed by atoms with Crippen molar-refractivity contribution in [3.05, 3.63) is 0 Å². The minimum Gasteiger partial charge on any atom is -0.359 e. The molecule has 112 valence electrons. The molecule has 1 fully saturated rings. The molecule has 20 heavy (non-hydrogen) atoms. The van der Waals surface area contributed by atoms with Crippen LogP contribution in [0.1, 0.15) is 45.4 Å². The van der Waals surface area contributed by atoms with E-state index in [0.717, 1.165) is 25.7 Å². The van der Waals surface area contributed by atoms with Gasteiger partial charge in [0.1, 0.15) is 5.41 Å². The Hall–Kier alpha value is -1.57. The maximum absolute atomic E-state index is 12.6. The molecule has 0 heterocycles. The van der Waals surface area contributed by atoms with Gasteiger partial charge in [-0.2, -0.15) is 5.26 Å². The Labute approximate surface area is 121 Å². The highest BCUT2D eigenvalue weighted by Gasteiger charge is 2.41. The Bertz CT molecular complexity index is 392. The van der Waals surface area contributed by atoms with Gasteiger partial charge in [-0.25, -0.2) is 0 Å². The molecular formula is C15H25N3O2. The van der Waals surface area contributed by atoms with Gasteiger partial charge in [-0.1, -0.05) is 32.6 Å². The van der Waals surface area contributed by atoms with Crippen LogP contribution in [0.25, 0.3) is 0 Å². The highest BCUT2D eigenvalue weighted by Crippen LogP contribution is 2.36. The van der Waals surface area contributed by atoms with E-state index in [4.69, 9.17) is 0 Å². The van der Waals surface area contributed by atoms with Gasteiger partial charge >= 0.3 is 0 Å². The van der Waals surface area contributed by atoms with Crippen molar-refractivity contribution in [2.45, 2.75) is 45.4 Å². The average Bonchev–Trinajstić information content (AvgIpc) is 2.71. The zero-order valence-electron chi connectivity index (χ0n) is 12.7. The van der Waals surface area contributed by atoms with Crippen molar-refractivity contribution in [1.82, 2.24) is 10.2 Å². The van der Waals surface area contributed by atoms with Crippen LogP contribution in [0, 0.1) is 22.7 Å². The minimum atomic E-state index is -0.881. The standard InChI is InChI=1S/C15H25N3O2/c1-12(13(19)17-2)10-18(3)14(20)15(11-16)8-6-4-5-7-9-15/h12H,4-10H2,1-3H3,(H,17,19). The van der Waals surface area contributed by atoms with Gasteiger partial charge in [0, 0.05) is 20.6 Å². The van der Waals surface area contributed by atoms with E-state index in [1.54, 1.807) is 25.9 Å². The summed E-state index contributed by atoms with van der Waals surface area (Å²) in [6.07, 6.45) is 5.32. The van der Waals surface area contributed by atoms with Crippen LogP contribution in [0.2, 0.25) is 0 Å². The van der Waals surface area contributed by atoms with Crippen molar-refractivity contribution in [3.8, 4) is 6.07 Å². The van der Waals surface area contributed by atoms with Gasteiger partial charge in [-0.3, -0.25) is 9.59 Å². The zero-order valence-corrected chi connectivity index (χ0v) is 12.7. The van der Waals surface area contributed by atoms with Crippen molar-refractivity contribution >= 4 is 11.8 Å². The fourth-order valence-corrected chi connectivity index (χ4v) is 2.89. The van der Waals surface area contributed by atoms with Crippen LogP contribution >= 0.6 is 0 Å². The van der Waals surface area contributed by atoms with Crippen LogP contribution < -0.4 is 5.32 Å². The molecular weight excluding hydrogens is 254 g/mol. The summed E-state index contributed by atoms with van der Waals surface area (Å²) >= 11 is 0. The molecule has 0 radical (unpaired) electrons. The summed E-state index contributed by atoms with van der Waals surface area (Å²) in [6.45, 7) is 2.14. The van der Waals surface area contributed by atoms with E-state index in [1.165, 1.54) is 0 Å². The first-order chi connectivity index (χ1) is 9.46. The Morgan fingerprint density at radius 2 is 1.85 bits per heavy atom. The number of hydrogen-bond donors (Lipinski definition) is 1. The van der Waals surface area contributed by atoms with E-state index >= 15 is 0 Å². The lowest BCUT2D eigenvalue weighted by atomic mass is 9.80. The third kappa shape index (κ3) is 3.72. The minimum absolute atomic E-state index is 0.0866. The fraction of sp³-hybridized carbons (Fsp3) is 0.800. The fourth-order valence-electron chi connectivity index (χ4n) is 2.89. The largest absolute Gasteiger partial charge is 0.359 e. The summed E-state index contributed by atoms with van der Waals surface area (Å²) in [4.78, 5) is 25.7. The summed E-state index contributed by atoms with van der Waals surface area (Å²) in [5.74, 6) is -0.482. The molecule has 5 heteroatoms. The molecule has 2 amide bonds. The van der Waals surface area contributed by atoms with Gasteiger partial charge < -0.3 is 10.2 Å². The van der Waals surface area contributed by atoms with E-state index in [2.05, 4.69) is 11.4 Å². The van der Waals surface area contributed by atoms with Crippen LogP contribution in [0.3, 0.4) is 0 Å². The summed E-state index contributed by atoms with van der Waals surface area (Å²) in [5, 5.41) is 12.1. The maximum Gasteiger partial charge on any atom is 0.242 e. The number of carbonyl (C=O) groups excluding carboxylic acids is 2. The normalized spacial score (nSPS) is 19.3. The molecule has 1 unspecified atom stereocenters. The molecule has 1 saturated carbocycles. The number of nitriles is 1. The smallest absolute Gasteiger partial charge is 0.242 e. The second kappa shape index (κ2) is 7.28. The number of nitrogens with one attached hydrogen (secondary N) is 1. The molecule has 0 aromatic rings. The van der Waals surface area contributed by atoms with Crippen LogP contribution in [-0.2, 0) is 9.59 Å². The molecule has 0 aromatic heterocycles. The summed E-state index contributed by atoms with van der Waals surface area (Å²) < 4.78 is 0. The van der Waals surface area contributed by atoms with Crippen molar-refractivity contribution in [3.63, 3.8) is 0 Å². The average molecular weight is 279 g/mol. The molecule has 1 N–H and O–H groups in total. The number of rotatable bonds is 4. The van der Waals surface area contributed by atoms with Crippen molar-refractivity contribution < 1.29 is 9.59 Å². The zero-order chi connectivity index (χ0) is 15.2. The SMILES string of the molecule is CNC(=O)C(C)CN(C)C(=O)C1(C#N)CCCCCC1. The van der Waals surface area contributed by atoms with E-state index in [9.17, 15) is 14.9 Å². The van der Waals surface area contributed by atoms with Gasteiger partial charge in [0.15, 0.2) is 0 Å². The van der Waals surface area contributed by atoms with E-state index in [0.29, 0.717) is 19.4 Å². The third-order valence-corrected chi connectivity index (χ3v) is 4.17. The van der Waals surface area contributed by atoms with Crippen molar-refractivity contribution in [2.75, 3.05) is 20.6 Å². The maximum atomic E-state index is 12.6. The summed E-state index contributed by atoms with van der Waals surface area (Å²) in [5.41, 5.74) is -0.881. The Kier molecular flexibility index (Phi) is 6.00. The van der Waals surface area contributed by atoms with E-state index in [-0.39, 0.29) is 17.7 Å². The predicted molar refractivity (Wildman–Crippen MR) is 76.6 cm³/mol. The van der Waals surface area contributed by atoms with Gasteiger partial charge in [0.25, 0.3) is 0 Å². The lowest BCUT2D eigenvalue weighted by Gasteiger charge is -2.30. The number of amides is 2.